The minimum absolute atomic E-state index is 1.15. The van der Waals surface area contributed by atoms with E-state index in [1.54, 1.807) is 0 Å². The van der Waals surface area contributed by atoms with Crippen molar-refractivity contribution in [2.75, 3.05) is 4.43 Å². The SMILES string of the molecule is ICCCCCCCCc1ccc[n+](CCCCCCCCc2ccc[n+](CCCCCCCCc3ccc[n+](CCCCCCCCc4cccnc4)c3)c2)c1. The average Bonchev–Trinajstić information content (AvgIpc) is 3.24. The molecule has 0 aliphatic heterocycles. The van der Waals surface area contributed by atoms with Gasteiger partial charge in [0.05, 0.1) is 0 Å². The van der Waals surface area contributed by atoms with Crippen LogP contribution in [0.5, 0.6) is 0 Å². The van der Waals surface area contributed by atoms with Crippen molar-refractivity contribution < 1.29 is 13.7 Å². The number of hydrogen-bond acceptors (Lipinski definition) is 1. The first-order chi connectivity index (χ1) is 28.3. The Morgan fingerprint density at radius 2 is 0.667 bits per heavy atom. The molecule has 0 radical (unpaired) electrons. The molecule has 0 aliphatic carbocycles. The van der Waals surface area contributed by atoms with E-state index >= 15 is 0 Å². The molecule has 0 saturated carbocycles. The maximum atomic E-state index is 4.23. The summed E-state index contributed by atoms with van der Waals surface area (Å²) in [5.41, 5.74) is 5.90. The number of alkyl halides is 1. The van der Waals surface area contributed by atoms with Gasteiger partial charge in [-0.25, -0.2) is 13.7 Å². The lowest BCUT2D eigenvalue weighted by atomic mass is 10.1. The van der Waals surface area contributed by atoms with Gasteiger partial charge >= 0.3 is 0 Å². The minimum Gasteiger partial charge on any atom is -0.264 e. The van der Waals surface area contributed by atoms with E-state index < -0.39 is 0 Å². The molecule has 4 heterocycles. The van der Waals surface area contributed by atoms with E-state index in [2.05, 4.69) is 121 Å². The van der Waals surface area contributed by atoms with Crippen molar-refractivity contribution in [3.63, 3.8) is 0 Å². The van der Waals surface area contributed by atoms with Crippen molar-refractivity contribution in [2.45, 2.75) is 199 Å². The Morgan fingerprint density at radius 1 is 0.351 bits per heavy atom. The molecule has 4 nitrogen and oxygen atoms in total. The van der Waals surface area contributed by atoms with Crippen LogP contribution in [0.2, 0.25) is 0 Å². The third kappa shape index (κ3) is 23.5. The fourth-order valence-electron chi connectivity index (χ4n) is 8.26. The van der Waals surface area contributed by atoms with Gasteiger partial charge in [0.1, 0.15) is 19.6 Å². The second-order valence-electron chi connectivity index (χ2n) is 16.9. The molecule has 0 saturated heterocycles. The molecule has 57 heavy (non-hydrogen) atoms. The van der Waals surface area contributed by atoms with E-state index in [1.165, 1.54) is 213 Å². The number of unbranched alkanes of at least 4 members (excludes halogenated alkanes) is 20. The Labute approximate surface area is 363 Å². The van der Waals surface area contributed by atoms with Gasteiger partial charge in [0.25, 0.3) is 0 Å². The first-order valence-electron chi connectivity index (χ1n) is 23.7. The normalized spacial score (nSPS) is 11.4. The predicted molar refractivity (Wildman–Crippen MR) is 249 cm³/mol. The van der Waals surface area contributed by atoms with Crippen molar-refractivity contribution in [1.29, 1.82) is 0 Å². The third-order valence-corrected chi connectivity index (χ3v) is 12.5. The van der Waals surface area contributed by atoms with Gasteiger partial charge in [0.15, 0.2) is 37.2 Å². The average molecular weight is 888 g/mol. The van der Waals surface area contributed by atoms with Gasteiger partial charge in [-0.05, 0) is 111 Å². The molecule has 0 bridgehead atoms. The summed E-state index contributed by atoms with van der Waals surface area (Å²) in [5, 5.41) is 0. The Morgan fingerprint density at radius 3 is 1.02 bits per heavy atom. The van der Waals surface area contributed by atoms with E-state index in [9.17, 15) is 0 Å². The van der Waals surface area contributed by atoms with E-state index in [0.29, 0.717) is 0 Å². The van der Waals surface area contributed by atoms with Gasteiger partial charge in [0, 0.05) is 66.5 Å². The maximum absolute atomic E-state index is 4.23. The lowest BCUT2D eigenvalue weighted by Crippen LogP contribution is -2.33. The van der Waals surface area contributed by atoms with Crippen molar-refractivity contribution in [3.8, 4) is 0 Å². The first-order valence-corrected chi connectivity index (χ1v) is 25.2. The Hall–Kier alpha value is -2.67. The van der Waals surface area contributed by atoms with Gasteiger partial charge in [-0.2, -0.15) is 0 Å². The quantitative estimate of drug-likeness (QED) is 0.0195. The van der Waals surface area contributed by atoms with Crippen LogP contribution in [-0.4, -0.2) is 9.41 Å². The number of halogens is 1. The van der Waals surface area contributed by atoms with Crippen LogP contribution >= 0.6 is 22.6 Å². The molecule has 5 heteroatoms. The van der Waals surface area contributed by atoms with Crippen LogP contribution in [0.15, 0.2) is 98.1 Å². The Kier molecular flexibility index (Phi) is 26.6. The number of rotatable bonds is 35. The molecule has 4 aromatic heterocycles. The van der Waals surface area contributed by atoms with Gasteiger partial charge in [-0.3, -0.25) is 4.98 Å². The summed E-state index contributed by atoms with van der Waals surface area (Å²) in [6.45, 7) is 3.47. The van der Waals surface area contributed by atoms with Gasteiger partial charge < -0.3 is 0 Å². The van der Waals surface area contributed by atoms with E-state index in [-0.39, 0.29) is 0 Å². The molecule has 0 amide bonds. The highest BCUT2D eigenvalue weighted by Gasteiger charge is 2.07. The molecule has 312 valence electrons. The number of aryl methyl sites for hydroxylation is 7. The molecule has 0 unspecified atom stereocenters. The van der Waals surface area contributed by atoms with Gasteiger partial charge in [-0.15, -0.1) is 0 Å². The molecule has 4 aromatic rings. The largest absolute Gasteiger partial charge is 0.264 e. The topological polar surface area (TPSA) is 24.5 Å². The standard InChI is InChI=1S/C52H80IN4/c53-37-21-13-5-1-10-18-30-50-34-26-42-56(46-50)40-23-15-7-3-12-20-32-52-36-28-44-57(48-52)41-24-16-8-4-11-19-31-51-35-27-43-55(47-51)39-22-14-6-2-9-17-29-49-33-25-38-54-45-49/h25-28,33-36,38,42-48H,1-24,29-32,37,39-41H2/q+3. The molecule has 0 spiro atoms. The summed E-state index contributed by atoms with van der Waals surface area (Å²) in [4.78, 5) is 4.23. The zero-order valence-electron chi connectivity index (χ0n) is 36.0. The minimum atomic E-state index is 1.15. The predicted octanol–water partition coefficient (Wildman–Crippen LogP) is 13.0. The maximum Gasteiger partial charge on any atom is 0.171 e. The van der Waals surface area contributed by atoms with Crippen LogP contribution in [0.25, 0.3) is 0 Å². The number of pyridine rings is 4. The fourth-order valence-corrected chi connectivity index (χ4v) is 8.80. The van der Waals surface area contributed by atoms with Crippen molar-refractivity contribution in [1.82, 2.24) is 4.98 Å². The first kappa shape index (κ1) is 47.0. The lowest BCUT2D eigenvalue weighted by Gasteiger charge is -2.04. The second-order valence-corrected chi connectivity index (χ2v) is 18.0. The highest BCUT2D eigenvalue weighted by atomic mass is 127. The molecule has 4 rings (SSSR count). The molecular weight excluding hydrogens is 808 g/mol. The van der Waals surface area contributed by atoms with Crippen molar-refractivity contribution in [3.05, 3.63) is 120 Å². The summed E-state index contributed by atoms with van der Waals surface area (Å²) in [7, 11) is 0. The highest BCUT2D eigenvalue weighted by molar-refractivity contribution is 14.1. The molecule has 0 aromatic carbocycles. The lowest BCUT2D eigenvalue weighted by molar-refractivity contribution is -0.697. The van der Waals surface area contributed by atoms with E-state index in [1.807, 2.05) is 18.5 Å². The number of aromatic nitrogens is 4. The number of hydrogen-bond donors (Lipinski definition) is 0. The van der Waals surface area contributed by atoms with Crippen LogP contribution in [0, 0.1) is 0 Å². The van der Waals surface area contributed by atoms with Crippen molar-refractivity contribution >= 4 is 22.6 Å². The zero-order chi connectivity index (χ0) is 39.7. The summed E-state index contributed by atoms with van der Waals surface area (Å²) in [5.74, 6) is 0. The molecule has 0 fully saturated rings. The van der Waals surface area contributed by atoms with E-state index in [0.717, 1.165) is 13.1 Å². The van der Waals surface area contributed by atoms with Crippen LogP contribution in [0.1, 0.15) is 176 Å². The molecule has 0 aliphatic rings. The van der Waals surface area contributed by atoms with Gasteiger partial charge in [0.2, 0.25) is 0 Å². The van der Waals surface area contributed by atoms with Crippen LogP contribution in [0.3, 0.4) is 0 Å². The highest BCUT2D eigenvalue weighted by Crippen LogP contribution is 2.13. The Balaban J connectivity index is 0.928. The monoisotopic (exact) mass is 888 g/mol. The Bertz CT molecular complexity index is 1540. The number of nitrogens with zero attached hydrogens (tertiary/aromatic N) is 4. The molecule has 0 atom stereocenters. The summed E-state index contributed by atoms with van der Waals surface area (Å²) in [6.07, 6.45) is 55.1. The fraction of sp³-hybridized carbons (Fsp3) is 0.615. The van der Waals surface area contributed by atoms with E-state index in [4.69, 9.17) is 0 Å². The van der Waals surface area contributed by atoms with Crippen LogP contribution < -0.4 is 13.7 Å². The van der Waals surface area contributed by atoms with Gasteiger partial charge in [-0.1, -0.05) is 112 Å². The third-order valence-electron chi connectivity index (χ3n) is 11.7. The second kappa shape index (κ2) is 32.2. The van der Waals surface area contributed by atoms with Crippen LogP contribution in [0.4, 0.5) is 0 Å². The molecule has 0 N–H and O–H groups in total. The summed E-state index contributed by atoms with van der Waals surface area (Å²) >= 11 is 2.50. The van der Waals surface area contributed by atoms with Crippen LogP contribution in [-0.2, 0) is 45.3 Å². The molecular formula is C52H80IN4+3. The van der Waals surface area contributed by atoms with Crippen molar-refractivity contribution in [2.24, 2.45) is 0 Å². The summed E-state index contributed by atoms with van der Waals surface area (Å²) in [6, 6.07) is 18.0. The smallest absolute Gasteiger partial charge is 0.171 e. The summed E-state index contributed by atoms with van der Waals surface area (Å²) < 4.78 is 8.60. The zero-order valence-corrected chi connectivity index (χ0v) is 38.2.